The Morgan fingerprint density at radius 2 is 2.10 bits per heavy atom. The lowest BCUT2D eigenvalue weighted by atomic mass is 9.79. The lowest BCUT2D eigenvalue weighted by Crippen LogP contribution is -2.40. The Labute approximate surface area is 126 Å². The maximum absolute atomic E-state index is 11.0. The first-order valence-corrected chi connectivity index (χ1v) is 7.61. The zero-order valence-corrected chi connectivity index (χ0v) is 12.5. The van der Waals surface area contributed by atoms with E-state index in [1.807, 2.05) is 25.3 Å². The zero-order valence-electron chi connectivity index (χ0n) is 12.5. The largest absolute Gasteiger partial charge is 0.384 e. The van der Waals surface area contributed by atoms with Gasteiger partial charge in [0.2, 0.25) is 0 Å². The van der Waals surface area contributed by atoms with E-state index in [4.69, 9.17) is 0 Å². The molecule has 2 N–H and O–H groups in total. The molecule has 3 heteroatoms. The van der Waals surface area contributed by atoms with E-state index in [1.165, 1.54) is 11.1 Å². The van der Waals surface area contributed by atoms with Crippen LogP contribution in [0.25, 0.3) is 0 Å². The fraction of sp³-hybridized carbons (Fsp3) is 0.389. The normalized spacial score (nSPS) is 21.0. The SMILES string of the molecule is Cc1ncccc1CNCC1(O)CCCc2ccccc21. The number of rotatable bonds is 4. The van der Waals surface area contributed by atoms with Gasteiger partial charge in [-0.05, 0) is 48.9 Å². The van der Waals surface area contributed by atoms with Gasteiger partial charge in [-0.3, -0.25) is 4.98 Å². The fourth-order valence-electron chi connectivity index (χ4n) is 3.19. The minimum absolute atomic E-state index is 0.582. The van der Waals surface area contributed by atoms with Crippen molar-refractivity contribution < 1.29 is 5.11 Å². The van der Waals surface area contributed by atoms with Crippen molar-refractivity contribution in [3.8, 4) is 0 Å². The van der Waals surface area contributed by atoms with Crippen molar-refractivity contribution in [2.75, 3.05) is 6.54 Å². The molecule has 1 unspecified atom stereocenters. The Morgan fingerprint density at radius 1 is 1.24 bits per heavy atom. The average Bonchev–Trinajstić information content (AvgIpc) is 2.50. The summed E-state index contributed by atoms with van der Waals surface area (Å²) in [6.45, 7) is 3.34. The van der Waals surface area contributed by atoms with Crippen LogP contribution in [0.3, 0.4) is 0 Å². The summed E-state index contributed by atoms with van der Waals surface area (Å²) in [4.78, 5) is 4.30. The second kappa shape index (κ2) is 5.96. The van der Waals surface area contributed by atoms with Gasteiger partial charge >= 0.3 is 0 Å². The van der Waals surface area contributed by atoms with E-state index in [1.54, 1.807) is 0 Å². The van der Waals surface area contributed by atoms with Crippen LogP contribution in [0.1, 0.15) is 35.2 Å². The lowest BCUT2D eigenvalue weighted by Gasteiger charge is -2.34. The molecule has 1 heterocycles. The van der Waals surface area contributed by atoms with Crippen LogP contribution in [-0.4, -0.2) is 16.6 Å². The Kier molecular flexibility index (Phi) is 4.04. The molecular weight excluding hydrogens is 260 g/mol. The van der Waals surface area contributed by atoms with Crippen molar-refractivity contribution in [3.05, 3.63) is 65.0 Å². The molecule has 110 valence electrons. The molecule has 2 aromatic rings. The van der Waals surface area contributed by atoms with Crippen molar-refractivity contribution in [1.29, 1.82) is 0 Å². The smallest absolute Gasteiger partial charge is 0.102 e. The number of pyridine rings is 1. The summed E-state index contributed by atoms with van der Waals surface area (Å²) in [7, 11) is 0. The second-order valence-corrected chi connectivity index (χ2v) is 5.89. The van der Waals surface area contributed by atoms with Crippen molar-refractivity contribution in [1.82, 2.24) is 10.3 Å². The predicted molar refractivity (Wildman–Crippen MR) is 84.0 cm³/mol. The number of nitrogens with one attached hydrogen (secondary N) is 1. The maximum atomic E-state index is 11.0. The van der Waals surface area contributed by atoms with Crippen LogP contribution >= 0.6 is 0 Å². The van der Waals surface area contributed by atoms with Crippen LogP contribution < -0.4 is 5.32 Å². The van der Waals surface area contributed by atoms with Crippen LogP contribution in [-0.2, 0) is 18.6 Å². The molecule has 21 heavy (non-hydrogen) atoms. The van der Waals surface area contributed by atoms with Crippen molar-refractivity contribution in [2.24, 2.45) is 0 Å². The highest BCUT2D eigenvalue weighted by atomic mass is 16.3. The number of aromatic nitrogens is 1. The Balaban J connectivity index is 1.69. The van der Waals surface area contributed by atoms with E-state index in [-0.39, 0.29) is 0 Å². The molecule has 0 aliphatic heterocycles. The van der Waals surface area contributed by atoms with Gasteiger partial charge in [-0.25, -0.2) is 0 Å². The maximum Gasteiger partial charge on any atom is 0.102 e. The minimum Gasteiger partial charge on any atom is -0.384 e. The van der Waals surface area contributed by atoms with Crippen LogP contribution in [0.5, 0.6) is 0 Å². The van der Waals surface area contributed by atoms with Gasteiger partial charge in [-0.2, -0.15) is 0 Å². The predicted octanol–water partition coefficient (Wildman–Crippen LogP) is 2.70. The molecule has 0 amide bonds. The van der Waals surface area contributed by atoms with Gasteiger partial charge < -0.3 is 10.4 Å². The summed E-state index contributed by atoms with van der Waals surface area (Å²) in [5.41, 5.74) is 3.86. The third-order valence-electron chi connectivity index (χ3n) is 4.40. The van der Waals surface area contributed by atoms with Crippen LogP contribution in [0.15, 0.2) is 42.6 Å². The highest BCUT2D eigenvalue weighted by molar-refractivity contribution is 5.35. The van der Waals surface area contributed by atoms with E-state index < -0.39 is 5.60 Å². The molecule has 0 bridgehead atoms. The van der Waals surface area contributed by atoms with Gasteiger partial charge in [-0.1, -0.05) is 30.3 Å². The molecule has 0 saturated heterocycles. The Hall–Kier alpha value is -1.71. The third-order valence-corrected chi connectivity index (χ3v) is 4.40. The molecule has 0 spiro atoms. The summed E-state index contributed by atoms with van der Waals surface area (Å²) in [5, 5.41) is 14.4. The highest BCUT2D eigenvalue weighted by Crippen LogP contribution is 2.34. The topological polar surface area (TPSA) is 45.2 Å². The highest BCUT2D eigenvalue weighted by Gasteiger charge is 2.33. The molecule has 3 rings (SSSR count). The van der Waals surface area contributed by atoms with E-state index >= 15 is 0 Å². The fourth-order valence-corrected chi connectivity index (χ4v) is 3.19. The lowest BCUT2D eigenvalue weighted by molar-refractivity contribution is 0.0189. The first-order valence-electron chi connectivity index (χ1n) is 7.61. The Bertz CT molecular complexity index is 626. The number of fused-ring (bicyclic) bond motifs is 1. The summed E-state index contributed by atoms with van der Waals surface area (Å²) >= 11 is 0. The van der Waals surface area contributed by atoms with E-state index in [0.29, 0.717) is 6.54 Å². The summed E-state index contributed by atoms with van der Waals surface area (Å²) in [6.07, 6.45) is 4.74. The first-order chi connectivity index (χ1) is 10.2. The van der Waals surface area contributed by atoms with Crippen LogP contribution in [0, 0.1) is 6.92 Å². The number of aryl methyl sites for hydroxylation is 2. The van der Waals surface area contributed by atoms with Crippen LogP contribution in [0.2, 0.25) is 0 Å². The molecule has 0 fully saturated rings. The van der Waals surface area contributed by atoms with Crippen LogP contribution in [0.4, 0.5) is 0 Å². The van der Waals surface area contributed by atoms with Crippen molar-refractivity contribution in [2.45, 2.75) is 38.3 Å². The number of nitrogens with zero attached hydrogens (tertiary/aromatic N) is 1. The molecule has 1 aliphatic rings. The molecule has 0 saturated carbocycles. The van der Waals surface area contributed by atoms with Gasteiger partial charge in [0.05, 0.1) is 0 Å². The summed E-state index contributed by atoms with van der Waals surface area (Å²) < 4.78 is 0. The molecular formula is C18H22N2O. The average molecular weight is 282 g/mol. The van der Waals surface area contributed by atoms with Crippen molar-refractivity contribution in [3.63, 3.8) is 0 Å². The molecule has 0 radical (unpaired) electrons. The van der Waals surface area contributed by atoms with Gasteiger partial charge in [0.15, 0.2) is 0 Å². The van der Waals surface area contributed by atoms with Gasteiger partial charge in [0, 0.05) is 25.0 Å². The molecule has 1 atom stereocenters. The molecule has 1 aromatic carbocycles. The summed E-state index contributed by atoms with van der Waals surface area (Å²) in [6, 6.07) is 12.3. The standard InChI is InChI=1S/C18H22N2O/c1-14-16(8-5-11-20-14)12-19-13-18(21)10-4-7-15-6-2-3-9-17(15)18/h2-3,5-6,8-9,11,19,21H,4,7,10,12-13H2,1H3. The third kappa shape index (κ3) is 2.99. The number of hydrogen-bond donors (Lipinski definition) is 2. The van der Waals surface area contributed by atoms with Gasteiger partial charge in [-0.15, -0.1) is 0 Å². The van der Waals surface area contributed by atoms with E-state index in [2.05, 4.69) is 34.6 Å². The zero-order chi connectivity index (χ0) is 14.7. The van der Waals surface area contributed by atoms with Crippen molar-refractivity contribution >= 4 is 0 Å². The quantitative estimate of drug-likeness (QED) is 0.906. The minimum atomic E-state index is -0.745. The molecule has 3 nitrogen and oxygen atoms in total. The van der Waals surface area contributed by atoms with Gasteiger partial charge in [0.1, 0.15) is 5.60 Å². The summed E-state index contributed by atoms with van der Waals surface area (Å²) in [5.74, 6) is 0. The van der Waals surface area contributed by atoms with Gasteiger partial charge in [0.25, 0.3) is 0 Å². The monoisotopic (exact) mass is 282 g/mol. The Morgan fingerprint density at radius 3 is 2.95 bits per heavy atom. The van der Waals surface area contributed by atoms with E-state index in [9.17, 15) is 5.11 Å². The second-order valence-electron chi connectivity index (χ2n) is 5.89. The molecule has 1 aromatic heterocycles. The first kappa shape index (κ1) is 14.2. The molecule has 1 aliphatic carbocycles. The van der Waals surface area contributed by atoms with E-state index in [0.717, 1.165) is 37.1 Å². The number of benzene rings is 1. The number of aliphatic hydroxyl groups is 1. The number of hydrogen-bond acceptors (Lipinski definition) is 3.